The van der Waals surface area contributed by atoms with Gasteiger partial charge in [-0.25, -0.2) is 0 Å². The van der Waals surface area contributed by atoms with Crippen LogP contribution in [-0.2, 0) is 9.59 Å². The van der Waals surface area contributed by atoms with Gasteiger partial charge in [0.25, 0.3) is 11.8 Å². The lowest BCUT2D eigenvalue weighted by Crippen LogP contribution is -3.14. The van der Waals surface area contributed by atoms with Crippen LogP contribution in [0.25, 0.3) is 0 Å². The van der Waals surface area contributed by atoms with E-state index >= 15 is 0 Å². The topological polar surface area (TPSA) is 63.1 Å². The van der Waals surface area contributed by atoms with Crippen LogP contribution in [0.1, 0.15) is 46.0 Å². The van der Waals surface area contributed by atoms with Gasteiger partial charge in [-0.2, -0.15) is 0 Å². The summed E-state index contributed by atoms with van der Waals surface area (Å²) in [4.78, 5) is 28.2. The summed E-state index contributed by atoms with van der Waals surface area (Å²) in [6.07, 6.45) is 5.91. The van der Waals surface area contributed by atoms with Gasteiger partial charge in [0.2, 0.25) is 0 Å². The molecule has 2 amide bonds. The first-order valence-corrected chi connectivity index (χ1v) is 10.1. The normalized spacial score (nSPS) is 15.8. The summed E-state index contributed by atoms with van der Waals surface area (Å²) in [5.41, 5.74) is 0.707. The second-order valence-corrected chi connectivity index (χ2v) is 7.21. The fourth-order valence-electron chi connectivity index (χ4n) is 3.79. The van der Waals surface area contributed by atoms with Gasteiger partial charge in [0.05, 0.1) is 13.7 Å². The minimum Gasteiger partial charge on any atom is -0.497 e. The SMILES string of the molecule is CCN(C(=O)C[NH+](CC)CC(=O)Nc1cccc(OC)c1)C1CCCCC1. The fraction of sp³-hybridized carbons (Fsp3) is 0.619. The van der Waals surface area contributed by atoms with Crippen molar-refractivity contribution in [2.45, 2.75) is 52.0 Å². The Morgan fingerprint density at radius 2 is 1.93 bits per heavy atom. The number of methoxy groups -OCH3 is 1. The molecule has 6 nitrogen and oxygen atoms in total. The van der Waals surface area contributed by atoms with Crippen LogP contribution in [0.15, 0.2) is 24.3 Å². The first-order valence-electron chi connectivity index (χ1n) is 10.1. The lowest BCUT2D eigenvalue weighted by molar-refractivity contribution is -0.882. The van der Waals surface area contributed by atoms with Crippen molar-refractivity contribution < 1.29 is 19.2 Å². The number of nitrogens with one attached hydrogen (secondary N) is 2. The van der Waals surface area contributed by atoms with E-state index in [-0.39, 0.29) is 18.4 Å². The van der Waals surface area contributed by atoms with Gasteiger partial charge in [-0.3, -0.25) is 9.59 Å². The molecular formula is C21H34N3O3+. The molecule has 1 aromatic rings. The Morgan fingerprint density at radius 3 is 2.56 bits per heavy atom. The van der Waals surface area contributed by atoms with Gasteiger partial charge in [0.15, 0.2) is 13.1 Å². The highest BCUT2D eigenvalue weighted by Gasteiger charge is 2.27. The van der Waals surface area contributed by atoms with Crippen LogP contribution in [0.4, 0.5) is 5.69 Å². The van der Waals surface area contributed by atoms with Crippen molar-refractivity contribution in [1.29, 1.82) is 0 Å². The second kappa shape index (κ2) is 10.9. The quantitative estimate of drug-likeness (QED) is 0.690. The molecule has 1 fully saturated rings. The number of anilines is 1. The van der Waals surface area contributed by atoms with Crippen LogP contribution in [0, 0.1) is 0 Å². The molecule has 0 bridgehead atoms. The number of rotatable bonds is 9. The molecule has 1 unspecified atom stereocenters. The molecule has 1 aliphatic rings. The molecule has 1 atom stereocenters. The molecule has 0 spiro atoms. The predicted octanol–water partition coefficient (Wildman–Crippen LogP) is 1.72. The average molecular weight is 377 g/mol. The molecule has 0 radical (unpaired) electrons. The zero-order valence-electron chi connectivity index (χ0n) is 16.9. The van der Waals surface area contributed by atoms with Gasteiger partial charge in [-0.1, -0.05) is 25.3 Å². The molecule has 6 heteroatoms. The number of ether oxygens (including phenoxy) is 1. The third-order valence-corrected chi connectivity index (χ3v) is 5.34. The van der Waals surface area contributed by atoms with E-state index in [2.05, 4.69) is 5.32 Å². The monoisotopic (exact) mass is 376 g/mol. The largest absolute Gasteiger partial charge is 0.497 e. The van der Waals surface area contributed by atoms with Gasteiger partial charge in [-0.15, -0.1) is 0 Å². The molecular weight excluding hydrogens is 342 g/mol. The Balaban J connectivity index is 1.89. The smallest absolute Gasteiger partial charge is 0.279 e. The van der Waals surface area contributed by atoms with E-state index in [4.69, 9.17) is 4.74 Å². The van der Waals surface area contributed by atoms with Crippen LogP contribution in [0.5, 0.6) is 5.75 Å². The summed E-state index contributed by atoms with van der Waals surface area (Å²) >= 11 is 0. The number of likely N-dealkylation sites (N-methyl/N-ethyl adjacent to an activating group) is 2. The molecule has 1 aliphatic carbocycles. The van der Waals surface area contributed by atoms with Crippen molar-refractivity contribution in [3.63, 3.8) is 0 Å². The van der Waals surface area contributed by atoms with Crippen molar-refractivity contribution in [2.75, 3.05) is 38.6 Å². The average Bonchev–Trinajstić information content (AvgIpc) is 2.69. The molecule has 2 rings (SSSR count). The van der Waals surface area contributed by atoms with Crippen LogP contribution in [0.2, 0.25) is 0 Å². The molecule has 2 N–H and O–H groups in total. The fourth-order valence-corrected chi connectivity index (χ4v) is 3.79. The third kappa shape index (κ3) is 6.54. The summed E-state index contributed by atoms with van der Waals surface area (Å²) in [6, 6.07) is 7.67. The molecule has 0 heterocycles. The zero-order valence-corrected chi connectivity index (χ0v) is 16.9. The Labute approximate surface area is 162 Å². The van der Waals surface area contributed by atoms with E-state index in [0.717, 1.165) is 30.8 Å². The number of hydrogen-bond donors (Lipinski definition) is 2. The molecule has 0 aromatic heterocycles. The number of nitrogens with zero attached hydrogens (tertiary/aromatic N) is 1. The van der Waals surface area contributed by atoms with E-state index < -0.39 is 0 Å². The van der Waals surface area contributed by atoms with Gasteiger partial charge in [-0.05, 0) is 38.8 Å². The number of benzene rings is 1. The van der Waals surface area contributed by atoms with Crippen LogP contribution in [0.3, 0.4) is 0 Å². The lowest BCUT2D eigenvalue weighted by Gasteiger charge is -2.34. The van der Waals surface area contributed by atoms with Crippen LogP contribution in [-0.4, -0.2) is 56.0 Å². The maximum absolute atomic E-state index is 12.8. The van der Waals surface area contributed by atoms with Gasteiger partial charge in [0, 0.05) is 24.3 Å². The summed E-state index contributed by atoms with van der Waals surface area (Å²) in [5, 5.41) is 2.90. The Bertz CT molecular complexity index is 614. The van der Waals surface area contributed by atoms with Crippen molar-refractivity contribution in [2.24, 2.45) is 0 Å². The summed E-state index contributed by atoms with van der Waals surface area (Å²) in [7, 11) is 1.60. The van der Waals surface area contributed by atoms with Crippen molar-refractivity contribution in [3.05, 3.63) is 24.3 Å². The number of carbonyl (C=O) groups excluding carboxylic acids is 2. The summed E-state index contributed by atoms with van der Waals surface area (Å²) < 4.78 is 5.18. The van der Waals surface area contributed by atoms with Crippen molar-refractivity contribution >= 4 is 17.5 Å². The van der Waals surface area contributed by atoms with Gasteiger partial charge < -0.3 is 19.9 Å². The Morgan fingerprint density at radius 1 is 1.19 bits per heavy atom. The number of carbonyl (C=O) groups is 2. The zero-order chi connectivity index (χ0) is 19.6. The third-order valence-electron chi connectivity index (χ3n) is 5.34. The Hall–Kier alpha value is -2.08. The number of hydrogen-bond acceptors (Lipinski definition) is 3. The van der Waals surface area contributed by atoms with Crippen LogP contribution < -0.4 is 15.0 Å². The van der Waals surface area contributed by atoms with Gasteiger partial charge >= 0.3 is 0 Å². The first-order chi connectivity index (χ1) is 13.1. The maximum atomic E-state index is 12.8. The number of amides is 2. The van der Waals surface area contributed by atoms with Gasteiger partial charge in [0.1, 0.15) is 5.75 Å². The van der Waals surface area contributed by atoms with E-state index in [0.29, 0.717) is 24.0 Å². The minimum atomic E-state index is -0.0892. The summed E-state index contributed by atoms with van der Waals surface area (Å²) in [5.74, 6) is 0.776. The van der Waals surface area contributed by atoms with Crippen molar-refractivity contribution in [3.8, 4) is 5.75 Å². The van der Waals surface area contributed by atoms with Crippen LogP contribution >= 0.6 is 0 Å². The predicted molar refractivity (Wildman–Crippen MR) is 107 cm³/mol. The minimum absolute atomic E-state index is 0.0892. The van der Waals surface area contributed by atoms with E-state index in [1.54, 1.807) is 13.2 Å². The molecule has 1 aromatic carbocycles. The molecule has 0 saturated heterocycles. The highest BCUT2D eigenvalue weighted by atomic mass is 16.5. The summed E-state index contributed by atoms with van der Waals surface area (Å²) in [6.45, 7) is 6.19. The standard InChI is InChI=1S/C21H33N3O3/c1-4-23(15-20(25)22-17-10-9-13-19(14-17)27-3)16-21(26)24(5-2)18-11-7-6-8-12-18/h9-10,13-14,18H,4-8,11-12,15-16H2,1-3H3,(H,22,25)/p+1. The number of quaternary nitrogens is 1. The second-order valence-electron chi connectivity index (χ2n) is 7.21. The molecule has 27 heavy (non-hydrogen) atoms. The maximum Gasteiger partial charge on any atom is 0.279 e. The van der Waals surface area contributed by atoms with E-state index in [9.17, 15) is 9.59 Å². The lowest BCUT2D eigenvalue weighted by atomic mass is 9.94. The van der Waals surface area contributed by atoms with Crippen molar-refractivity contribution in [1.82, 2.24) is 4.90 Å². The highest BCUT2D eigenvalue weighted by molar-refractivity contribution is 5.91. The van der Waals surface area contributed by atoms with E-state index in [1.807, 2.05) is 36.9 Å². The van der Waals surface area contributed by atoms with E-state index in [1.165, 1.54) is 19.3 Å². The molecule has 150 valence electrons. The first kappa shape index (κ1) is 21.2. The molecule has 1 saturated carbocycles. The highest BCUT2D eigenvalue weighted by Crippen LogP contribution is 2.22. The Kier molecular flexibility index (Phi) is 8.58. The molecule has 0 aliphatic heterocycles.